The number of allylic oxidation sites excluding steroid dienone is 1. The average Bonchev–Trinajstić information content (AvgIpc) is 3.91. The number of carboxylic acids is 1. The second kappa shape index (κ2) is 12.3. The number of ether oxygens (including phenoxy) is 3. The number of fused-ring (bicyclic) bond motifs is 1. The van der Waals surface area contributed by atoms with Gasteiger partial charge in [0.05, 0.1) is 24.9 Å². The summed E-state index contributed by atoms with van der Waals surface area (Å²) in [6.07, 6.45) is 2.38. The number of hydrogen-bond acceptors (Lipinski definition) is 8. The number of alkyl carbamates (subject to hydrolysis) is 1. The van der Waals surface area contributed by atoms with Gasteiger partial charge in [-0.3, -0.25) is 14.6 Å². The molecule has 2 saturated carbocycles. The number of aromatic nitrogens is 1. The smallest absolute Gasteiger partial charge is 0.412 e. The van der Waals surface area contributed by atoms with Gasteiger partial charge >= 0.3 is 12.1 Å². The van der Waals surface area contributed by atoms with Crippen molar-refractivity contribution in [3.63, 3.8) is 0 Å². The first-order valence-electron chi connectivity index (χ1n) is 15.4. The summed E-state index contributed by atoms with van der Waals surface area (Å²) in [5, 5.41) is 16.0. The lowest BCUT2D eigenvalue weighted by Gasteiger charge is -2.35. The molecule has 0 spiro atoms. The number of likely N-dealkylation sites (tertiary alicyclic amines) is 1. The SMILES string of the molecule is C=C[C@@H]1C[C@]1(NC(=O)[C@@H]1C[C@@H](Oc2cc(C3CC3)nc3cc(OC)ccc23)CN1C(=O)[C@@H](NC(=O)OC(=C)C)C(C)(C)C)C(=O)O. The fraction of sp³-hybridized carbons (Fsp3) is 0.500. The molecule has 46 heavy (non-hydrogen) atoms. The van der Waals surface area contributed by atoms with Crippen LogP contribution in [-0.4, -0.2) is 76.2 Å². The Morgan fingerprint density at radius 2 is 1.91 bits per heavy atom. The normalized spacial score (nSPS) is 24.5. The number of nitrogens with one attached hydrogen (secondary N) is 2. The molecule has 3 fully saturated rings. The minimum Gasteiger partial charge on any atom is -0.497 e. The molecule has 1 aromatic heterocycles. The highest BCUT2D eigenvalue weighted by Gasteiger charge is 2.61. The number of pyridine rings is 1. The summed E-state index contributed by atoms with van der Waals surface area (Å²) < 4.78 is 17.0. The predicted molar refractivity (Wildman–Crippen MR) is 169 cm³/mol. The van der Waals surface area contributed by atoms with Gasteiger partial charge in [0.1, 0.15) is 35.2 Å². The van der Waals surface area contributed by atoms with Crippen molar-refractivity contribution in [1.29, 1.82) is 0 Å². The molecule has 1 aliphatic heterocycles. The van der Waals surface area contributed by atoms with E-state index in [1.807, 2.05) is 24.3 Å². The molecule has 3 amide bonds. The zero-order valence-electron chi connectivity index (χ0n) is 26.9. The highest BCUT2D eigenvalue weighted by molar-refractivity contribution is 5.96. The summed E-state index contributed by atoms with van der Waals surface area (Å²) >= 11 is 0. The molecule has 1 aromatic carbocycles. The van der Waals surface area contributed by atoms with Gasteiger partial charge in [-0.05, 0) is 43.7 Å². The molecular formula is C34H42N4O8. The molecule has 0 bridgehead atoms. The predicted octanol–water partition coefficient (Wildman–Crippen LogP) is 4.29. The molecule has 12 heteroatoms. The Hall–Kier alpha value is -4.61. The molecule has 2 aliphatic carbocycles. The molecule has 246 valence electrons. The average molecular weight is 635 g/mol. The summed E-state index contributed by atoms with van der Waals surface area (Å²) in [6.45, 7) is 14.1. The lowest BCUT2D eigenvalue weighted by molar-refractivity contribution is -0.146. The van der Waals surface area contributed by atoms with Gasteiger partial charge in [-0.25, -0.2) is 9.59 Å². The maximum atomic E-state index is 14.2. The maximum absolute atomic E-state index is 14.2. The molecule has 5 rings (SSSR count). The third kappa shape index (κ3) is 6.66. The zero-order valence-corrected chi connectivity index (χ0v) is 26.9. The molecule has 5 atom stereocenters. The molecule has 3 N–H and O–H groups in total. The number of benzene rings is 1. The van der Waals surface area contributed by atoms with Crippen LogP contribution >= 0.6 is 0 Å². The van der Waals surface area contributed by atoms with Crippen LogP contribution in [0.5, 0.6) is 11.5 Å². The van der Waals surface area contributed by atoms with Gasteiger partial charge in [0, 0.05) is 41.5 Å². The number of methoxy groups -OCH3 is 1. The minimum absolute atomic E-state index is 0.0183. The number of amides is 3. The molecule has 2 heterocycles. The van der Waals surface area contributed by atoms with E-state index >= 15 is 0 Å². The highest BCUT2D eigenvalue weighted by Crippen LogP contribution is 2.45. The second-order valence-corrected chi connectivity index (χ2v) is 13.5. The van der Waals surface area contributed by atoms with Crippen LogP contribution in [-0.2, 0) is 19.1 Å². The van der Waals surface area contributed by atoms with Crippen molar-refractivity contribution >= 4 is 34.8 Å². The van der Waals surface area contributed by atoms with Crippen LogP contribution in [0.2, 0.25) is 0 Å². The van der Waals surface area contributed by atoms with Crippen molar-refractivity contribution in [3.05, 3.63) is 55.0 Å². The molecular weight excluding hydrogens is 592 g/mol. The molecule has 0 radical (unpaired) electrons. The Kier molecular flexibility index (Phi) is 8.76. The number of carbonyl (C=O) groups is 4. The van der Waals surface area contributed by atoms with E-state index in [4.69, 9.17) is 19.2 Å². The van der Waals surface area contributed by atoms with E-state index in [2.05, 4.69) is 23.8 Å². The van der Waals surface area contributed by atoms with E-state index in [0.717, 1.165) is 23.9 Å². The van der Waals surface area contributed by atoms with Crippen LogP contribution < -0.4 is 20.1 Å². The lowest BCUT2D eigenvalue weighted by atomic mass is 9.85. The Morgan fingerprint density at radius 1 is 1.20 bits per heavy atom. The minimum atomic E-state index is -1.49. The van der Waals surface area contributed by atoms with E-state index in [1.54, 1.807) is 27.9 Å². The van der Waals surface area contributed by atoms with Crippen molar-refractivity contribution < 1.29 is 38.5 Å². The number of hydrogen-bond donors (Lipinski definition) is 3. The Morgan fingerprint density at radius 3 is 2.48 bits per heavy atom. The second-order valence-electron chi connectivity index (χ2n) is 13.5. The van der Waals surface area contributed by atoms with Gasteiger partial charge in [0.15, 0.2) is 0 Å². The van der Waals surface area contributed by atoms with Crippen molar-refractivity contribution in [2.24, 2.45) is 11.3 Å². The number of aliphatic carboxylic acids is 1. The quantitative estimate of drug-likeness (QED) is 0.242. The first-order valence-corrected chi connectivity index (χ1v) is 15.4. The topological polar surface area (TPSA) is 156 Å². The fourth-order valence-electron chi connectivity index (χ4n) is 6.00. The number of carboxylic acid groups (broad SMARTS) is 1. The molecule has 12 nitrogen and oxygen atoms in total. The molecule has 0 unspecified atom stereocenters. The molecule has 2 aromatic rings. The summed E-state index contributed by atoms with van der Waals surface area (Å²) in [7, 11) is 1.59. The summed E-state index contributed by atoms with van der Waals surface area (Å²) in [5.74, 6) is -1.04. The van der Waals surface area contributed by atoms with E-state index < -0.39 is 58.9 Å². The van der Waals surface area contributed by atoms with E-state index in [9.17, 15) is 24.3 Å². The number of carbonyl (C=O) groups excluding carboxylic acids is 3. The Labute approximate surface area is 268 Å². The van der Waals surface area contributed by atoms with E-state index in [-0.39, 0.29) is 25.1 Å². The van der Waals surface area contributed by atoms with E-state index in [1.165, 1.54) is 17.9 Å². The molecule has 3 aliphatic rings. The Bertz CT molecular complexity index is 1600. The van der Waals surface area contributed by atoms with Gasteiger partial charge < -0.3 is 34.9 Å². The van der Waals surface area contributed by atoms with Crippen molar-refractivity contribution in [1.82, 2.24) is 20.5 Å². The maximum Gasteiger partial charge on any atom is 0.412 e. The fourth-order valence-corrected chi connectivity index (χ4v) is 6.00. The van der Waals surface area contributed by atoms with Gasteiger partial charge in [0.25, 0.3) is 0 Å². The van der Waals surface area contributed by atoms with Crippen LogP contribution in [0.15, 0.2) is 49.3 Å². The van der Waals surface area contributed by atoms with E-state index in [0.29, 0.717) is 22.9 Å². The monoisotopic (exact) mass is 634 g/mol. The van der Waals surface area contributed by atoms with Gasteiger partial charge in [0.2, 0.25) is 11.8 Å². The highest BCUT2D eigenvalue weighted by atomic mass is 16.6. The number of nitrogens with zero attached hydrogens (tertiary/aromatic N) is 2. The van der Waals surface area contributed by atoms with Crippen LogP contribution in [0.25, 0.3) is 10.9 Å². The van der Waals surface area contributed by atoms with Crippen LogP contribution in [0.4, 0.5) is 4.79 Å². The summed E-state index contributed by atoms with van der Waals surface area (Å²) in [6, 6.07) is 5.28. The van der Waals surface area contributed by atoms with Crippen LogP contribution in [0.3, 0.4) is 0 Å². The number of rotatable bonds is 11. The van der Waals surface area contributed by atoms with Crippen LogP contribution in [0.1, 0.15) is 65.0 Å². The third-order valence-corrected chi connectivity index (χ3v) is 8.81. The van der Waals surface area contributed by atoms with Crippen molar-refractivity contribution in [2.45, 2.75) is 83.0 Å². The van der Waals surface area contributed by atoms with Gasteiger partial charge in [-0.15, -0.1) is 6.58 Å². The largest absolute Gasteiger partial charge is 0.497 e. The van der Waals surface area contributed by atoms with Crippen LogP contribution in [0, 0.1) is 11.3 Å². The van der Waals surface area contributed by atoms with Gasteiger partial charge in [-0.1, -0.05) is 33.4 Å². The summed E-state index contributed by atoms with van der Waals surface area (Å²) in [4.78, 5) is 59.1. The third-order valence-electron chi connectivity index (χ3n) is 8.81. The summed E-state index contributed by atoms with van der Waals surface area (Å²) in [5.41, 5.74) is -0.660. The zero-order chi connectivity index (χ0) is 33.6. The first-order chi connectivity index (χ1) is 21.7. The molecule has 1 saturated heterocycles. The first kappa shape index (κ1) is 32.8. The van der Waals surface area contributed by atoms with Gasteiger partial charge in [-0.2, -0.15) is 0 Å². The Balaban J connectivity index is 1.47. The standard InChI is InChI=1S/C34H42N4O8/c1-8-20-16-34(20,31(41)42)37-29(39)26-14-22(17-38(26)30(40)28(33(4,5)6)36-32(43)45-18(2)3)46-27-15-24(19-9-10-19)35-25-13-21(44-7)11-12-23(25)27/h8,11-13,15,19-20,22,26,28H,1-2,9-10,14,16-17H2,3-7H3,(H,36,43)(H,37,39)(H,41,42)/t20-,22-,26+,28-,34-/m1/s1. The van der Waals surface area contributed by atoms with Crippen molar-refractivity contribution in [3.8, 4) is 11.5 Å². The lowest BCUT2D eigenvalue weighted by Crippen LogP contribution is -2.59. The van der Waals surface area contributed by atoms with Crippen molar-refractivity contribution in [2.75, 3.05) is 13.7 Å².